The highest BCUT2D eigenvalue weighted by molar-refractivity contribution is 5.92. The Labute approximate surface area is 118 Å². The predicted molar refractivity (Wildman–Crippen MR) is 77.1 cm³/mol. The van der Waals surface area contributed by atoms with Crippen LogP contribution in [0.1, 0.15) is 29.8 Å². The molecule has 2 N–H and O–H groups in total. The van der Waals surface area contributed by atoms with Crippen molar-refractivity contribution in [1.29, 1.82) is 0 Å². The van der Waals surface area contributed by atoms with Crippen molar-refractivity contribution in [1.82, 2.24) is 4.90 Å². The van der Waals surface area contributed by atoms with Crippen molar-refractivity contribution in [2.75, 3.05) is 18.4 Å². The van der Waals surface area contributed by atoms with Crippen molar-refractivity contribution in [3.05, 3.63) is 29.3 Å². The molecule has 0 bridgehead atoms. The number of carbonyl (C=O) groups excluding carboxylic acids is 1. The van der Waals surface area contributed by atoms with Crippen molar-refractivity contribution >= 4 is 17.7 Å². The molecule has 1 saturated heterocycles. The lowest BCUT2D eigenvalue weighted by atomic mass is 10.0. The van der Waals surface area contributed by atoms with E-state index in [0.29, 0.717) is 17.5 Å². The highest BCUT2D eigenvalue weighted by Gasteiger charge is 2.29. The van der Waals surface area contributed by atoms with Gasteiger partial charge in [-0.15, -0.1) is 0 Å². The average molecular weight is 276 g/mol. The van der Waals surface area contributed by atoms with Crippen molar-refractivity contribution in [3.8, 4) is 0 Å². The Bertz CT molecular complexity index is 532. The maximum absolute atomic E-state index is 12.2. The standard InChI is InChI=1S/C15H20N2O3/c1-9-6-12(14(18)19)4-5-13(9)16-15(20)17-7-10(2)11(3)8-17/h4-6,10-11H,7-8H2,1-3H3,(H,16,20)(H,18,19). The summed E-state index contributed by atoms with van der Waals surface area (Å²) in [5, 5.41) is 11.8. The number of carboxylic acid groups (broad SMARTS) is 1. The van der Waals surface area contributed by atoms with Crippen molar-refractivity contribution in [2.24, 2.45) is 11.8 Å². The molecule has 1 aromatic carbocycles. The van der Waals surface area contributed by atoms with Gasteiger partial charge in [0.15, 0.2) is 0 Å². The van der Waals surface area contributed by atoms with Gasteiger partial charge in [0.1, 0.15) is 0 Å². The number of anilines is 1. The zero-order chi connectivity index (χ0) is 14.9. The Morgan fingerprint density at radius 3 is 2.35 bits per heavy atom. The van der Waals surface area contributed by atoms with E-state index in [2.05, 4.69) is 19.2 Å². The van der Waals surface area contributed by atoms with Gasteiger partial charge in [0.25, 0.3) is 0 Å². The molecule has 2 rings (SSSR count). The van der Waals surface area contributed by atoms with Gasteiger partial charge in [0.05, 0.1) is 5.56 Å². The molecule has 1 fully saturated rings. The van der Waals surface area contributed by atoms with Gasteiger partial charge in [-0.3, -0.25) is 0 Å². The normalized spacial score (nSPS) is 21.9. The SMILES string of the molecule is Cc1cc(C(=O)O)ccc1NC(=O)N1CC(C)C(C)C1. The van der Waals surface area contributed by atoms with Gasteiger partial charge in [-0.2, -0.15) is 0 Å². The van der Waals surface area contributed by atoms with Crippen LogP contribution >= 0.6 is 0 Å². The Morgan fingerprint density at radius 1 is 1.25 bits per heavy atom. The van der Waals surface area contributed by atoms with Gasteiger partial charge in [-0.05, 0) is 42.5 Å². The number of aromatic carboxylic acids is 1. The predicted octanol–water partition coefficient (Wildman–Crippen LogP) is 2.81. The molecule has 2 atom stereocenters. The molecule has 1 heterocycles. The van der Waals surface area contributed by atoms with Gasteiger partial charge < -0.3 is 15.3 Å². The third-order valence-corrected chi connectivity index (χ3v) is 3.99. The first-order valence-corrected chi connectivity index (χ1v) is 6.78. The van der Waals surface area contributed by atoms with E-state index >= 15 is 0 Å². The number of likely N-dealkylation sites (tertiary alicyclic amines) is 1. The molecule has 5 heteroatoms. The summed E-state index contributed by atoms with van der Waals surface area (Å²) >= 11 is 0. The molecule has 5 nitrogen and oxygen atoms in total. The van der Waals surface area contributed by atoms with E-state index in [1.807, 2.05) is 0 Å². The maximum atomic E-state index is 12.2. The van der Waals surface area contributed by atoms with Crippen LogP contribution in [-0.4, -0.2) is 35.1 Å². The van der Waals surface area contributed by atoms with E-state index in [-0.39, 0.29) is 11.6 Å². The third-order valence-electron chi connectivity index (χ3n) is 3.99. The van der Waals surface area contributed by atoms with E-state index in [4.69, 9.17) is 5.11 Å². The minimum atomic E-state index is -0.965. The van der Waals surface area contributed by atoms with Crippen LogP contribution in [0.3, 0.4) is 0 Å². The Hall–Kier alpha value is -2.04. The number of hydrogen-bond donors (Lipinski definition) is 2. The Kier molecular flexibility index (Phi) is 3.97. The third kappa shape index (κ3) is 2.92. The smallest absolute Gasteiger partial charge is 0.335 e. The summed E-state index contributed by atoms with van der Waals surface area (Å²) in [6, 6.07) is 4.58. The fraction of sp³-hybridized carbons (Fsp3) is 0.467. The largest absolute Gasteiger partial charge is 0.478 e. The van der Waals surface area contributed by atoms with Gasteiger partial charge >= 0.3 is 12.0 Å². The lowest BCUT2D eigenvalue weighted by molar-refractivity contribution is 0.0697. The first kappa shape index (κ1) is 14.4. The average Bonchev–Trinajstić information content (AvgIpc) is 2.72. The van der Waals surface area contributed by atoms with E-state index in [9.17, 15) is 9.59 Å². The number of benzene rings is 1. The fourth-order valence-corrected chi connectivity index (χ4v) is 2.43. The van der Waals surface area contributed by atoms with Crippen LogP contribution in [0.15, 0.2) is 18.2 Å². The summed E-state index contributed by atoms with van der Waals surface area (Å²) in [5.41, 5.74) is 1.63. The molecule has 0 spiro atoms. The molecule has 2 unspecified atom stereocenters. The van der Waals surface area contributed by atoms with E-state index in [1.165, 1.54) is 6.07 Å². The second-order valence-electron chi connectivity index (χ2n) is 5.62. The van der Waals surface area contributed by atoms with Crippen molar-refractivity contribution < 1.29 is 14.7 Å². The molecular formula is C15H20N2O3. The second-order valence-corrected chi connectivity index (χ2v) is 5.62. The molecule has 20 heavy (non-hydrogen) atoms. The Balaban J connectivity index is 2.07. The molecule has 0 aliphatic carbocycles. The van der Waals surface area contributed by atoms with Gasteiger partial charge in [-0.1, -0.05) is 13.8 Å². The summed E-state index contributed by atoms with van der Waals surface area (Å²) in [6.45, 7) is 7.60. The van der Waals surface area contributed by atoms with Crippen molar-refractivity contribution in [2.45, 2.75) is 20.8 Å². The first-order valence-electron chi connectivity index (χ1n) is 6.78. The van der Waals surface area contributed by atoms with Gasteiger partial charge in [-0.25, -0.2) is 9.59 Å². The number of carboxylic acids is 1. The number of rotatable bonds is 2. The van der Waals surface area contributed by atoms with E-state index < -0.39 is 5.97 Å². The number of urea groups is 1. The number of nitrogens with one attached hydrogen (secondary N) is 1. The minimum Gasteiger partial charge on any atom is -0.478 e. The molecule has 0 aromatic heterocycles. The second kappa shape index (κ2) is 5.53. The van der Waals surface area contributed by atoms with Crippen LogP contribution in [0.4, 0.5) is 10.5 Å². The number of aryl methyl sites for hydroxylation is 1. The molecule has 0 radical (unpaired) electrons. The summed E-state index contributed by atoms with van der Waals surface area (Å²) in [5.74, 6) is 0.0561. The van der Waals surface area contributed by atoms with Gasteiger partial charge in [0.2, 0.25) is 0 Å². The number of amides is 2. The summed E-state index contributed by atoms with van der Waals surface area (Å²) < 4.78 is 0. The maximum Gasteiger partial charge on any atom is 0.335 e. The van der Waals surface area contributed by atoms with Crippen LogP contribution in [0.5, 0.6) is 0 Å². The van der Waals surface area contributed by atoms with Crippen molar-refractivity contribution in [3.63, 3.8) is 0 Å². The van der Waals surface area contributed by atoms with Crippen LogP contribution in [0, 0.1) is 18.8 Å². The van der Waals surface area contributed by atoms with Crippen LogP contribution < -0.4 is 5.32 Å². The summed E-state index contributed by atoms with van der Waals surface area (Å²) in [7, 11) is 0. The monoisotopic (exact) mass is 276 g/mol. The molecule has 1 aromatic rings. The number of hydrogen-bond acceptors (Lipinski definition) is 2. The molecule has 1 aliphatic heterocycles. The quantitative estimate of drug-likeness (QED) is 0.872. The highest BCUT2D eigenvalue weighted by atomic mass is 16.4. The zero-order valence-electron chi connectivity index (χ0n) is 12.0. The van der Waals surface area contributed by atoms with Gasteiger partial charge in [0, 0.05) is 18.8 Å². The topological polar surface area (TPSA) is 69.6 Å². The summed E-state index contributed by atoms with van der Waals surface area (Å²) in [6.07, 6.45) is 0. The van der Waals surface area contributed by atoms with Crippen LogP contribution in [0.25, 0.3) is 0 Å². The zero-order valence-corrected chi connectivity index (χ0v) is 12.0. The molecular weight excluding hydrogens is 256 g/mol. The van der Waals surface area contributed by atoms with E-state index in [1.54, 1.807) is 24.0 Å². The fourth-order valence-electron chi connectivity index (χ4n) is 2.43. The molecule has 1 aliphatic rings. The number of carbonyl (C=O) groups is 2. The first-order chi connectivity index (χ1) is 9.38. The van der Waals surface area contributed by atoms with Crippen LogP contribution in [-0.2, 0) is 0 Å². The van der Waals surface area contributed by atoms with Crippen LogP contribution in [0.2, 0.25) is 0 Å². The van der Waals surface area contributed by atoms with E-state index in [0.717, 1.165) is 18.7 Å². The lowest BCUT2D eigenvalue weighted by Crippen LogP contribution is -2.33. The molecule has 108 valence electrons. The summed E-state index contributed by atoms with van der Waals surface area (Å²) in [4.78, 5) is 24.9. The highest BCUT2D eigenvalue weighted by Crippen LogP contribution is 2.23. The minimum absolute atomic E-state index is 0.118. The molecule has 0 saturated carbocycles. The molecule has 2 amide bonds. The Morgan fingerprint density at radius 2 is 1.85 bits per heavy atom. The number of nitrogens with zero attached hydrogens (tertiary/aromatic N) is 1. The lowest BCUT2D eigenvalue weighted by Gasteiger charge is -2.18.